The predicted molar refractivity (Wildman–Crippen MR) is 47.8 cm³/mol. The first-order chi connectivity index (χ1) is 4.70. The number of hydrogen-bond acceptors (Lipinski definition) is 0. The maximum absolute atomic E-state index is 3.93. The molecular formula is C10H21. The van der Waals surface area contributed by atoms with Gasteiger partial charge in [-0.2, -0.15) is 0 Å². The highest BCUT2D eigenvalue weighted by molar-refractivity contribution is 4.59. The third-order valence-electron chi connectivity index (χ3n) is 2.14. The molecule has 0 fully saturated rings. The lowest BCUT2D eigenvalue weighted by Gasteiger charge is -2.12. The minimum atomic E-state index is 0.862. The van der Waals surface area contributed by atoms with Crippen LogP contribution in [0.5, 0.6) is 0 Å². The summed E-state index contributed by atoms with van der Waals surface area (Å²) in [4.78, 5) is 0. The second kappa shape index (κ2) is 5.76. The van der Waals surface area contributed by atoms with Crippen molar-refractivity contribution in [3.63, 3.8) is 0 Å². The summed E-state index contributed by atoms with van der Waals surface area (Å²) < 4.78 is 0. The second-order valence-corrected chi connectivity index (χ2v) is 3.53. The molecule has 0 aromatic carbocycles. The van der Waals surface area contributed by atoms with Gasteiger partial charge in [0.1, 0.15) is 0 Å². The standard InChI is InChI=1S/C10H21/c1-5-10(6-2)8-7-9(3)4/h9-10H,1,5-8H2,2-4H3. The Balaban J connectivity index is 3.26. The van der Waals surface area contributed by atoms with Gasteiger partial charge in [-0.3, -0.25) is 0 Å². The van der Waals surface area contributed by atoms with Crippen LogP contribution in [0.4, 0.5) is 0 Å². The van der Waals surface area contributed by atoms with E-state index in [9.17, 15) is 0 Å². The normalized spacial score (nSPS) is 11.4. The highest BCUT2D eigenvalue weighted by atomic mass is 14.1. The van der Waals surface area contributed by atoms with Crippen LogP contribution >= 0.6 is 0 Å². The van der Waals surface area contributed by atoms with Gasteiger partial charge in [-0.15, -0.1) is 0 Å². The van der Waals surface area contributed by atoms with E-state index in [0.29, 0.717) is 0 Å². The molecule has 0 aliphatic rings. The van der Waals surface area contributed by atoms with Crippen molar-refractivity contribution in [2.45, 2.75) is 46.5 Å². The van der Waals surface area contributed by atoms with Crippen molar-refractivity contribution in [1.29, 1.82) is 0 Å². The van der Waals surface area contributed by atoms with Crippen molar-refractivity contribution in [2.24, 2.45) is 11.8 Å². The fraction of sp³-hybridized carbons (Fsp3) is 0.900. The predicted octanol–water partition coefficient (Wildman–Crippen LogP) is 3.67. The van der Waals surface area contributed by atoms with Gasteiger partial charge in [0.2, 0.25) is 0 Å². The van der Waals surface area contributed by atoms with Crippen LogP contribution in [-0.4, -0.2) is 0 Å². The Morgan fingerprint density at radius 1 is 1.20 bits per heavy atom. The Morgan fingerprint density at radius 3 is 2.10 bits per heavy atom. The molecule has 1 atom stereocenters. The van der Waals surface area contributed by atoms with Crippen molar-refractivity contribution >= 4 is 0 Å². The maximum Gasteiger partial charge on any atom is -0.0417 e. The Kier molecular flexibility index (Phi) is 5.76. The van der Waals surface area contributed by atoms with E-state index in [0.717, 1.165) is 18.3 Å². The first kappa shape index (κ1) is 10.0. The summed E-state index contributed by atoms with van der Waals surface area (Å²) in [6.07, 6.45) is 5.16. The smallest absolute Gasteiger partial charge is 0.0417 e. The van der Waals surface area contributed by atoms with Crippen molar-refractivity contribution in [3.05, 3.63) is 6.92 Å². The van der Waals surface area contributed by atoms with Crippen molar-refractivity contribution in [2.75, 3.05) is 0 Å². The molecule has 0 heteroatoms. The number of hydrogen-bond donors (Lipinski definition) is 0. The summed E-state index contributed by atoms with van der Waals surface area (Å²) in [5, 5.41) is 0. The van der Waals surface area contributed by atoms with Crippen molar-refractivity contribution in [1.82, 2.24) is 0 Å². The zero-order valence-electron chi connectivity index (χ0n) is 7.69. The van der Waals surface area contributed by atoms with Gasteiger partial charge in [-0.05, 0) is 11.8 Å². The number of rotatable bonds is 5. The second-order valence-electron chi connectivity index (χ2n) is 3.53. The topological polar surface area (TPSA) is 0 Å². The maximum atomic E-state index is 3.93. The van der Waals surface area contributed by atoms with Crippen molar-refractivity contribution in [3.8, 4) is 0 Å². The highest BCUT2D eigenvalue weighted by Gasteiger charge is 2.03. The van der Waals surface area contributed by atoms with Crippen LogP contribution in [-0.2, 0) is 0 Å². The first-order valence-corrected chi connectivity index (χ1v) is 4.49. The zero-order chi connectivity index (χ0) is 7.98. The Morgan fingerprint density at radius 2 is 1.80 bits per heavy atom. The van der Waals surface area contributed by atoms with Gasteiger partial charge in [0.25, 0.3) is 0 Å². The molecule has 0 N–H and O–H groups in total. The molecule has 0 rings (SSSR count). The lowest BCUT2D eigenvalue weighted by atomic mass is 9.94. The lowest BCUT2D eigenvalue weighted by molar-refractivity contribution is 0.415. The van der Waals surface area contributed by atoms with E-state index in [1.165, 1.54) is 19.3 Å². The fourth-order valence-electron chi connectivity index (χ4n) is 1.12. The molecule has 0 aromatic heterocycles. The summed E-state index contributed by atoms with van der Waals surface area (Å²) in [5.74, 6) is 1.74. The van der Waals surface area contributed by atoms with Crippen molar-refractivity contribution < 1.29 is 0 Å². The Hall–Kier alpha value is 0. The van der Waals surface area contributed by atoms with Crippen LogP contribution in [0.2, 0.25) is 0 Å². The van der Waals surface area contributed by atoms with E-state index < -0.39 is 0 Å². The molecule has 0 saturated carbocycles. The van der Waals surface area contributed by atoms with Crippen LogP contribution in [0.15, 0.2) is 0 Å². The van der Waals surface area contributed by atoms with Gasteiger partial charge < -0.3 is 0 Å². The average Bonchev–Trinajstić information content (AvgIpc) is 1.90. The molecule has 0 aromatic rings. The van der Waals surface area contributed by atoms with Gasteiger partial charge in [0, 0.05) is 0 Å². The van der Waals surface area contributed by atoms with Crippen LogP contribution in [0, 0.1) is 18.8 Å². The molecule has 10 heavy (non-hydrogen) atoms. The minimum Gasteiger partial charge on any atom is -0.0651 e. The molecule has 0 heterocycles. The third kappa shape index (κ3) is 4.84. The van der Waals surface area contributed by atoms with E-state index in [1.54, 1.807) is 0 Å². The van der Waals surface area contributed by atoms with E-state index in [2.05, 4.69) is 27.7 Å². The van der Waals surface area contributed by atoms with Gasteiger partial charge in [0.15, 0.2) is 0 Å². The van der Waals surface area contributed by atoms with Crippen LogP contribution < -0.4 is 0 Å². The summed E-state index contributed by atoms with van der Waals surface area (Å²) >= 11 is 0. The third-order valence-corrected chi connectivity index (χ3v) is 2.14. The van der Waals surface area contributed by atoms with Gasteiger partial charge in [-0.1, -0.05) is 53.4 Å². The molecule has 0 amide bonds. The minimum absolute atomic E-state index is 0.862. The molecule has 0 aliphatic heterocycles. The van der Waals surface area contributed by atoms with Crippen LogP contribution in [0.25, 0.3) is 0 Å². The molecule has 0 nitrogen and oxygen atoms in total. The summed E-state index contributed by atoms with van der Waals surface area (Å²) in [6, 6.07) is 0. The van der Waals surface area contributed by atoms with E-state index in [4.69, 9.17) is 0 Å². The summed E-state index contributed by atoms with van der Waals surface area (Å²) in [7, 11) is 0. The van der Waals surface area contributed by atoms with Crippen LogP contribution in [0.1, 0.15) is 46.5 Å². The molecular weight excluding hydrogens is 120 g/mol. The molecule has 0 aliphatic carbocycles. The van der Waals surface area contributed by atoms with Crippen LogP contribution in [0.3, 0.4) is 0 Å². The molecule has 0 bridgehead atoms. The zero-order valence-corrected chi connectivity index (χ0v) is 7.69. The average molecular weight is 141 g/mol. The lowest BCUT2D eigenvalue weighted by Crippen LogP contribution is -1.99. The van der Waals surface area contributed by atoms with E-state index >= 15 is 0 Å². The highest BCUT2D eigenvalue weighted by Crippen LogP contribution is 2.17. The Bertz CT molecular complexity index is 60.4. The van der Waals surface area contributed by atoms with Gasteiger partial charge >= 0.3 is 0 Å². The summed E-state index contributed by atoms with van der Waals surface area (Å²) in [5.41, 5.74) is 0. The first-order valence-electron chi connectivity index (χ1n) is 4.49. The molecule has 1 unspecified atom stereocenters. The van der Waals surface area contributed by atoms with Gasteiger partial charge in [0.05, 0.1) is 0 Å². The largest absolute Gasteiger partial charge is 0.0651 e. The monoisotopic (exact) mass is 141 g/mol. The molecule has 0 saturated heterocycles. The van der Waals surface area contributed by atoms with Gasteiger partial charge in [-0.25, -0.2) is 0 Å². The molecule has 61 valence electrons. The van der Waals surface area contributed by atoms with E-state index in [1.807, 2.05) is 0 Å². The SMILES string of the molecule is [CH2]CC(CC)CCC(C)C. The molecule has 0 spiro atoms. The summed E-state index contributed by atoms with van der Waals surface area (Å²) in [6.45, 7) is 10.8. The fourth-order valence-corrected chi connectivity index (χ4v) is 1.12. The quantitative estimate of drug-likeness (QED) is 0.548. The van der Waals surface area contributed by atoms with E-state index in [-0.39, 0.29) is 0 Å². The Labute approximate surface area is 66.0 Å². The molecule has 1 radical (unpaired) electrons.